The van der Waals surface area contributed by atoms with Gasteiger partial charge in [0.25, 0.3) is 0 Å². The number of nitrogens with one attached hydrogen (secondary N) is 1. The molecule has 0 bridgehead atoms. The summed E-state index contributed by atoms with van der Waals surface area (Å²) in [6.45, 7) is -0.698. The highest BCUT2D eigenvalue weighted by atomic mass is 32.1. The molecule has 2 aromatic rings. The van der Waals surface area contributed by atoms with Crippen molar-refractivity contribution in [1.82, 2.24) is 10.2 Å². The minimum Gasteiger partial charge on any atom is -0.346 e. The highest BCUT2D eigenvalue weighted by Crippen LogP contribution is 2.37. The van der Waals surface area contributed by atoms with Crippen molar-refractivity contribution in [2.45, 2.75) is 18.6 Å². The Kier molecular flexibility index (Phi) is 4.91. The van der Waals surface area contributed by atoms with E-state index in [2.05, 4.69) is 0 Å². The van der Waals surface area contributed by atoms with Crippen molar-refractivity contribution in [1.29, 1.82) is 0 Å². The van der Waals surface area contributed by atoms with Crippen molar-refractivity contribution in [3.05, 3.63) is 57.8 Å². The molecule has 0 radical (unpaired) electrons. The zero-order valence-electron chi connectivity index (χ0n) is 12.8. The first kappa shape index (κ1) is 17.0. The third-order valence-corrected chi connectivity index (χ3v) is 5.01. The lowest BCUT2D eigenvalue weighted by Gasteiger charge is -2.35. The van der Waals surface area contributed by atoms with Gasteiger partial charge in [-0.2, -0.15) is 13.2 Å². The number of carbonyl (C=O) groups is 1. The Morgan fingerprint density at radius 2 is 2.00 bits per heavy atom. The molecule has 3 nitrogen and oxygen atoms in total. The fraction of sp³-hybridized carbons (Fsp3) is 0.353. The van der Waals surface area contributed by atoms with Gasteiger partial charge in [-0.1, -0.05) is 30.3 Å². The number of rotatable bonds is 4. The maximum Gasteiger partial charge on any atom is 0.405 e. The number of amides is 1. The van der Waals surface area contributed by atoms with Gasteiger partial charge in [0.05, 0.1) is 12.6 Å². The van der Waals surface area contributed by atoms with Crippen molar-refractivity contribution in [3.63, 3.8) is 0 Å². The summed E-state index contributed by atoms with van der Waals surface area (Å²) in [5, 5.41) is 3.98. The summed E-state index contributed by atoms with van der Waals surface area (Å²) in [5.41, 5.74) is 2.18. The van der Waals surface area contributed by atoms with Crippen LogP contribution >= 0.6 is 11.3 Å². The van der Waals surface area contributed by atoms with Gasteiger partial charge in [-0.25, -0.2) is 0 Å². The van der Waals surface area contributed by atoms with Gasteiger partial charge >= 0.3 is 6.18 Å². The molecule has 1 aromatic heterocycles. The molecule has 128 valence electrons. The molecule has 0 spiro atoms. The Labute approximate surface area is 142 Å². The van der Waals surface area contributed by atoms with Gasteiger partial charge in [0.15, 0.2) is 0 Å². The summed E-state index contributed by atoms with van der Waals surface area (Å²) in [4.78, 5) is 15.1. The van der Waals surface area contributed by atoms with E-state index in [1.54, 1.807) is 11.3 Å². The van der Waals surface area contributed by atoms with Gasteiger partial charge in [0, 0.05) is 11.4 Å². The molecular formula is C17H17F3N2OS. The average Bonchev–Trinajstić information content (AvgIpc) is 3.01. The number of carbonyl (C=O) groups excluding carboxylic acids is 1. The van der Waals surface area contributed by atoms with Crippen LogP contribution in [0.1, 0.15) is 22.0 Å². The van der Waals surface area contributed by atoms with Crippen LogP contribution in [0.25, 0.3) is 0 Å². The normalized spacial score (nSPS) is 18.2. The summed E-state index contributed by atoms with van der Waals surface area (Å²) in [6.07, 6.45) is -3.58. The first-order valence-electron chi connectivity index (χ1n) is 7.63. The molecule has 0 saturated carbocycles. The van der Waals surface area contributed by atoms with Crippen LogP contribution in [-0.2, 0) is 11.2 Å². The Morgan fingerprint density at radius 1 is 1.25 bits per heavy atom. The van der Waals surface area contributed by atoms with Crippen molar-refractivity contribution < 1.29 is 18.0 Å². The minimum absolute atomic E-state index is 0.0507. The van der Waals surface area contributed by atoms with E-state index in [9.17, 15) is 18.0 Å². The predicted octanol–water partition coefficient (Wildman–Crippen LogP) is 3.37. The zero-order chi connectivity index (χ0) is 17.2. The van der Waals surface area contributed by atoms with Gasteiger partial charge < -0.3 is 5.32 Å². The zero-order valence-corrected chi connectivity index (χ0v) is 13.7. The second kappa shape index (κ2) is 6.94. The van der Waals surface area contributed by atoms with Gasteiger partial charge in [0.2, 0.25) is 5.91 Å². The van der Waals surface area contributed by atoms with Gasteiger partial charge in [-0.3, -0.25) is 9.69 Å². The van der Waals surface area contributed by atoms with E-state index >= 15 is 0 Å². The molecule has 24 heavy (non-hydrogen) atoms. The number of alkyl halides is 3. The Balaban J connectivity index is 1.78. The maximum absolute atomic E-state index is 12.3. The van der Waals surface area contributed by atoms with E-state index in [1.165, 1.54) is 4.88 Å². The lowest BCUT2D eigenvalue weighted by molar-refractivity contribution is -0.139. The number of hydrogen-bond donors (Lipinski definition) is 1. The third-order valence-electron chi connectivity index (χ3n) is 4.01. The lowest BCUT2D eigenvalue weighted by atomic mass is 9.93. The standard InChI is InChI=1S/C17H17F3N2OS/c18-17(19,20)11-21-15(23)10-22-8-6-14-13(7-9-24-14)16(22)12-4-2-1-3-5-12/h1-5,7,9,16H,6,8,10-11H2,(H,21,23)/t16-/m1/s1. The van der Waals surface area contributed by atoms with E-state index < -0.39 is 18.6 Å². The number of fused-ring (bicyclic) bond motifs is 1. The SMILES string of the molecule is O=C(CN1CCc2sccc2[C@H]1c1ccccc1)NCC(F)(F)F. The summed E-state index contributed by atoms with van der Waals surface area (Å²) in [6, 6.07) is 11.7. The van der Waals surface area contributed by atoms with Crippen molar-refractivity contribution >= 4 is 17.2 Å². The fourth-order valence-corrected chi connectivity index (χ4v) is 3.91. The molecule has 2 heterocycles. The quantitative estimate of drug-likeness (QED) is 0.913. The highest BCUT2D eigenvalue weighted by molar-refractivity contribution is 7.10. The van der Waals surface area contributed by atoms with Crippen LogP contribution in [0.5, 0.6) is 0 Å². The average molecular weight is 354 g/mol. The van der Waals surface area contributed by atoms with Crippen LogP contribution in [0.2, 0.25) is 0 Å². The van der Waals surface area contributed by atoms with Gasteiger partial charge in [0.1, 0.15) is 6.54 Å². The molecule has 0 saturated heterocycles. The summed E-state index contributed by atoms with van der Waals surface area (Å²) in [7, 11) is 0. The van der Waals surface area contributed by atoms with Crippen LogP contribution in [-0.4, -0.2) is 36.6 Å². The summed E-state index contributed by atoms with van der Waals surface area (Å²) >= 11 is 1.68. The van der Waals surface area contributed by atoms with Crippen molar-refractivity contribution in [2.75, 3.05) is 19.6 Å². The number of halogens is 3. The van der Waals surface area contributed by atoms with Crippen LogP contribution in [0.4, 0.5) is 13.2 Å². The maximum atomic E-state index is 12.3. The summed E-state index contributed by atoms with van der Waals surface area (Å²) < 4.78 is 36.8. The molecular weight excluding hydrogens is 337 g/mol. The second-order valence-electron chi connectivity index (χ2n) is 5.72. The van der Waals surface area contributed by atoms with Crippen LogP contribution < -0.4 is 5.32 Å². The Bertz CT molecular complexity index is 699. The largest absolute Gasteiger partial charge is 0.405 e. The van der Waals surface area contributed by atoms with Crippen LogP contribution in [0.3, 0.4) is 0 Å². The van der Waals surface area contributed by atoms with E-state index in [0.29, 0.717) is 6.54 Å². The molecule has 0 aliphatic carbocycles. The first-order chi connectivity index (χ1) is 11.4. The predicted molar refractivity (Wildman–Crippen MR) is 86.9 cm³/mol. The van der Waals surface area contributed by atoms with E-state index in [-0.39, 0.29) is 12.6 Å². The van der Waals surface area contributed by atoms with E-state index in [4.69, 9.17) is 0 Å². The molecule has 1 aromatic carbocycles. The highest BCUT2D eigenvalue weighted by Gasteiger charge is 2.32. The molecule has 1 atom stereocenters. The molecule has 1 amide bonds. The fourth-order valence-electron chi connectivity index (χ4n) is 3.00. The van der Waals surface area contributed by atoms with Gasteiger partial charge in [-0.15, -0.1) is 11.3 Å². The Morgan fingerprint density at radius 3 is 2.71 bits per heavy atom. The lowest BCUT2D eigenvalue weighted by Crippen LogP contribution is -2.44. The van der Waals surface area contributed by atoms with Crippen molar-refractivity contribution in [3.8, 4) is 0 Å². The second-order valence-corrected chi connectivity index (χ2v) is 6.73. The van der Waals surface area contributed by atoms with Crippen LogP contribution in [0.15, 0.2) is 41.8 Å². The number of hydrogen-bond acceptors (Lipinski definition) is 3. The Hall–Kier alpha value is -1.86. The molecule has 0 fully saturated rings. The smallest absolute Gasteiger partial charge is 0.346 e. The molecule has 1 aliphatic rings. The topological polar surface area (TPSA) is 32.3 Å². The molecule has 3 rings (SSSR count). The van der Waals surface area contributed by atoms with Crippen LogP contribution in [0, 0.1) is 0 Å². The number of thiophene rings is 1. The molecule has 1 aliphatic heterocycles. The molecule has 1 N–H and O–H groups in total. The first-order valence-corrected chi connectivity index (χ1v) is 8.51. The van der Waals surface area contributed by atoms with E-state index in [1.807, 2.05) is 52.0 Å². The third kappa shape index (κ3) is 3.96. The minimum atomic E-state index is -4.39. The monoisotopic (exact) mass is 354 g/mol. The number of nitrogens with zero attached hydrogens (tertiary/aromatic N) is 1. The van der Waals surface area contributed by atoms with E-state index in [0.717, 1.165) is 17.5 Å². The molecule has 0 unspecified atom stereocenters. The van der Waals surface area contributed by atoms with Crippen molar-refractivity contribution in [2.24, 2.45) is 0 Å². The van der Waals surface area contributed by atoms with Gasteiger partial charge in [-0.05, 0) is 29.0 Å². The number of benzene rings is 1. The summed E-state index contributed by atoms with van der Waals surface area (Å²) in [5.74, 6) is -0.605. The molecule has 7 heteroatoms.